The molecule has 0 aromatic heterocycles. The monoisotopic (exact) mass is 480 g/mol. The van der Waals surface area contributed by atoms with Crippen LogP contribution in [-0.2, 0) is 14.9 Å². The SMILES string of the molecule is CC(C)(C)OC(=O)N1CCN(c2ccc3c(c2)N(c2cccc(Cl)c2C#N)C(=O)C3(C)C)CC1. The summed E-state index contributed by atoms with van der Waals surface area (Å²) in [5.74, 6) is -0.104. The van der Waals surface area contributed by atoms with E-state index in [0.717, 1.165) is 16.9 Å². The highest BCUT2D eigenvalue weighted by Gasteiger charge is 2.45. The number of hydrogen-bond acceptors (Lipinski definition) is 5. The van der Waals surface area contributed by atoms with Gasteiger partial charge in [-0.15, -0.1) is 0 Å². The van der Waals surface area contributed by atoms with Crippen LogP contribution in [0.5, 0.6) is 0 Å². The van der Waals surface area contributed by atoms with Gasteiger partial charge in [-0.25, -0.2) is 4.79 Å². The van der Waals surface area contributed by atoms with E-state index in [1.54, 1.807) is 28.0 Å². The molecule has 0 spiro atoms. The molecule has 0 radical (unpaired) electrons. The summed E-state index contributed by atoms with van der Waals surface area (Å²) >= 11 is 6.27. The van der Waals surface area contributed by atoms with Crippen molar-refractivity contribution >= 4 is 40.7 Å². The molecule has 34 heavy (non-hydrogen) atoms. The summed E-state index contributed by atoms with van der Waals surface area (Å²) < 4.78 is 5.50. The van der Waals surface area contributed by atoms with Crippen molar-refractivity contribution in [3.05, 3.63) is 52.5 Å². The average Bonchev–Trinajstić information content (AvgIpc) is 2.97. The van der Waals surface area contributed by atoms with Gasteiger partial charge < -0.3 is 14.5 Å². The van der Waals surface area contributed by atoms with Crippen molar-refractivity contribution in [2.45, 2.75) is 45.6 Å². The molecule has 0 bridgehead atoms. The molecule has 0 unspecified atom stereocenters. The van der Waals surface area contributed by atoms with Gasteiger partial charge in [-0.05, 0) is 64.4 Å². The number of fused-ring (bicyclic) bond motifs is 1. The number of piperazine rings is 1. The molecule has 0 atom stereocenters. The van der Waals surface area contributed by atoms with E-state index in [2.05, 4.69) is 11.0 Å². The maximum absolute atomic E-state index is 13.5. The topological polar surface area (TPSA) is 76.9 Å². The highest BCUT2D eigenvalue weighted by molar-refractivity contribution is 6.32. The van der Waals surface area contributed by atoms with Gasteiger partial charge in [0.05, 0.1) is 27.4 Å². The van der Waals surface area contributed by atoms with E-state index in [-0.39, 0.29) is 17.6 Å². The number of anilines is 3. The number of carbonyl (C=O) groups excluding carboxylic acids is 2. The van der Waals surface area contributed by atoms with Crippen molar-refractivity contribution in [2.24, 2.45) is 0 Å². The van der Waals surface area contributed by atoms with Gasteiger partial charge in [-0.1, -0.05) is 23.7 Å². The van der Waals surface area contributed by atoms with Crippen LogP contribution in [0.25, 0.3) is 0 Å². The van der Waals surface area contributed by atoms with Crippen LogP contribution in [0.3, 0.4) is 0 Å². The first-order chi connectivity index (χ1) is 15.9. The van der Waals surface area contributed by atoms with E-state index in [1.807, 2.05) is 52.8 Å². The standard InChI is InChI=1S/C26H29ClN4O3/c1-25(2,3)34-24(33)30-13-11-29(12-14-30)17-9-10-19-22(15-17)31(23(32)26(19,4)5)21-8-6-7-20(27)18(21)16-28/h6-10,15H,11-14H2,1-5H3. The lowest BCUT2D eigenvalue weighted by molar-refractivity contribution is -0.121. The van der Waals surface area contributed by atoms with Crippen molar-refractivity contribution < 1.29 is 14.3 Å². The van der Waals surface area contributed by atoms with Gasteiger partial charge in [0, 0.05) is 31.9 Å². The predicted molar refractivity (Wildman–Crippen MR) is 133 cm³/mol. The fourth-order valence-electron chi connectivity index (χ4n) is 4.46. The summed E-state index contributed by atoms with van der Waals surface area (Å²) in [6.45, 7) is 11.8. The number of ether oxygens (including phenoxy) is 1. The van der Waals surface area contributed by atoms with Gasteiger partial charge in [-0.2, -0.15) is 5.26 Å². The molecule has 2 heterocycles. The Morgan fingerprint density at radius 1 is 1.09 bits per heavy atom. The zero-order valence-electron chi connectivity index (χ0n) is 20.2. The van der Waals surface area contributed by atoms with Gasteiger partial charge in [0.2, 0.25) is 5.91 Å². The molecule has 7 nitrogen and oxygen atoms in total. The fourth-order valence-corrected chi connectivity index (χ4v) is 4.67. The molecular formula is C26H29ClN4O3. The summed E-state index contributed by atoms with van der Waals surface area (Å²) in [6, 6.07) is 13.3. The van der Waals surface area contributed by atoms with Crippen LogP contribution in [0.15, 0.2) is 36.4 Å². The van der Waals surface area contributed by atoms with Crippen molar-refractivity contribution in [2.75, 3.05) is 36.0 Å². The second-order valence-corrected chi connectivity index (χ2v) is 10.6. The second-order valence-electron chi connectivity index (χ2n) is 10.2. The molecular weight excluding hydrogens is 452 g/mol. The molecule has 1 fully saturated rings. The number of benzene rings is 2. The Morgan fingerprint density at radius 2 is 1.76 bits per heavy atom. The molecule has 2 aromatic rings. The van der Waals surface area contributed by atoms with Crippen LogP contribution >= 0.6 is 11.6 Å². The minimum absolute atomic E-state index is 0.104. The first-order valence-corrected chi connectivity index (χ1v) is 11.7. The largest absolute Gasteiger partial charge is 0.444 e. The van der Waals surface area contributed by atoms with Crippen LogP contribution in [0, 0.1) is 11.3 Å². The molecule has 0 saturated carbocycles. The van der Waals surface area contributed by atoms with Crippen molar-refractivity contribution in [1.29, 1.82) is 5.26 Å². The lowest BCUT2D eigenvalue weighted by Crippen LogP contribution is -2.50. The average molecular weight is 481 g/mol. The van der Waals surface area contributed by atoms with Crippen molar-refractivity contribution in [3.8, 4) is 6.07 Å². The van der Waals surface area contributed by atoms with Crippen LogP contribution in [0.4, 0.5) is 21.9 Å². The number of halogens is 1. The van der Waals surface area contributed by atoms with Crippen molar-refractivity contribution in [3.63, 3.8) is 0 Å². The molecule has 4 rings (SSSR count). The van der Waals surface area contributed by atoms with Gasteiger partial charge in [0.15, 0.2) is 0 Å². The highest BCUT2D eigenvalue weighted by atomic mass is 35.5. The molecule has 8 heteroatoms. The maximum Gasteiger partial charge on any atom is 0.410 e. The minimum Gasteiger partial charge on any atom is -0.444 e. The Balaban J connectivity index is 1.63. The normalized spacial score (nSPS) is 17.4. The zero-order chi connectivity index (χ0) is 24.8. The predicted octanol–water partition coefficient (Wildman–Crippen LogP) is 5.22. The van der Waals surface area contributed by atoms with Crippen LogP contribution in [0.2, 0.25) is 5.02 Å². The van der Waals surface area contributed by atoms with Crippen molar-refractivity contribution in [1.82, 2.24) is 4.90 Å². The summed E-state index contributed by atoms with van der Waals surface area (Å²) in [5, 5.41) is 10.0. The number of nitrogens with zero attached hydrogens (tertiary/aromatic N) is 4. The quantitative estimate of drug-likeness (QED) is 0.588. The molecule has 2 aromatic carbocycles. The Bertz CT molecular complexity index is 1190. The van der Waals surface area contributed by atoms with Gasteiger partial charge in [-0.3, -0.25) is 9.69 Å². The zero-order valence-corrected chi connectivity index (χ0v) is 20.9. The number of amides is 2. The fraction of sp³-hybridized carbons (Fsp3) is 0.423. The van der Waals surface area contributed by atoms with E-state index in [1.165, 1.54) is 0 Å². The Kier molecular flexibility index (Phi) is 5.99. The Hall–Kier alpha value is -3.24. The van der Waals surface area contributed by atoms with Crippen LogP contribution in [-0.4, -0.2) is 48.7 Å². The second kappa shape index (κ2) is 8.52. The molecule has 0 aliphatic carbocycles. The molecule has 2 aliphatic heterocycles. The van der Waals surface area contributed by atoms with Gasteiger partial charge in [0.1, 0.15) is 11.7 Å². The third kappa shape index (κ3) is 4.19. The lowest BCUT2D eigenvalue weighted by Gasteiger charge is -2.37. The summed E-state index contributed by atoms with van der Waals surface area (Å²) in [7, 11) is 0. The number of carbonyl (C=O) groups is 2. The first kappa shape index (κ1) is 23.9. The molecule has 1 saturated heterocycles. The summed E-state index contributed by atoms with van der Waals surface area (Å²) in [5.41, 5.74) is 2.10. The van der Waals surface area contributed by atoms with Crippen LogP contribution < -0.4 is 9.80 Å². The molecule has 2 amide bonds. The van der Waals surface area contributed by atoms with Gasteiger partial charge in [0.25, 0.3) is 0 Å². The van der Waals surface area contributed by atoms with E-state index in [9.17, 15) is 14.9 Å². The number of rotatable bonds is 2. The van der Waals surface area contributed by atoms with E-state index in [4.69, 9.17) is 16.3 Å². The van der Waals surface area contributed by atoms with E-state index >= 15 is 0 Å². The molecule has 0 N–H and O–H groups in total. The minimum atomic E-state index is -0.738. The highest BCUT2D eigenvalue weighted by Crippen LogP contribution is 2.48. The summed E-state index contributed by atoms with van der Waals surface area (Å²) in [4.78, 5) is 31.4. The van der Waals surface area contributed by atoms with E-state index in [0.29, 0.717) is 36.9 Å². The Labute approximate surface area is 205 Å². The van der Waals surface area contributed by atoms with Crippen LogP contribution in [0.1, 0.15) is 45.7 Å². The first-order valence-electron chi connectivity index (χ1n) is 11.3. The Morgan fingerprint density at radius 3 is 2.38 bits per heavy atom. The lowest BCUT2D eigenvalue weighted by atomic mass is 9.86. The van der Waals surface area contributed by atoms with Gasteiger partial charge >= 0.3 is 6.09 Å². The molecule has 178 valence electrons. The number of nitriles is 1. The molecule has 2 aliphatic rings. The maximum atomic E-state index is 13.5. The number of hydrogen-bond donors (Lipinski definition) is 0. The third-order valence-corrected chi connectivity index (χ3v) is 6.59. The smallest absolute Gasteiger partial charge is 0.410 e. The summed E-state index contributed by atoms with van der Waals surface area (Å²) in [6.07, 6.45) is -0.301. The van der Waals surface area contributed by atoms with E-state index < -0.39 is 11.0 Å². The third-order valence-electron chi connectivity index (χ3n) is 6.27.